The van der Waals surface area contributed by atoms with Crippen molar-refractivity contribution in [3.8, 4) is 0 Å². The lowest BCUT2D eigenvalue weighted by Gasteiger charge is -2.52. The van der Waals surface area contributed by atoms with Crippen molar-refractivity contribution in [1.82, 2.24) is 9.80 Å². The van der Waals surface area contributed by atoms with Gasteiger partial charge >= 0.3 is 5.97 Å². The van der Waals surface area contributed by atoms with Gasteiger partial charge in [0.2, 0.25) is 0 Å². The lowest BCUT2D eigenvalue weighted by atomic mass is 9.55. The Labute approximate surface area is 198 Å². The fraction of sp³-hybridized carbons (Fsp3) is 0.607. The second-order valence-corrected chi connectivity index (χ2v) is 10.7. The standard InChI is InChI=1S/C28H38N2O3/c1-20-8-6-12-22-18-24-25(26(31)28(20,22)2)23(27(32)33-24)19-30-16-14-29(15-17-30)13-7-11-21-9-4-3-5-10-21/h3-5,7,9-12,20,23-26,31H,6,8,13-19H2,1-2H3/b11-7+/t20?,23?,24-,25-,26?,28-/m1/s1. The Kier molecular flexibility index (Phi) is 6.47. The third kappa shape index (κ3) is 4.31. The van der Waals surface area contributed by atoms with E-state index in [9.17, 15) is 9.90 Å². The molecule has 6 atom stereocenters. The van der Waals surface area contributed by atoms with Crippen LogP contribution in [0, 0.1) is 23.2 Å². The molecular weight excluding hydrogens is 412 g/mol. The lowest BCUT2D eigenvalue weighted by molar-refractivity contribution is -0.145. The third-order valence-electron chi connectivity index (χ3n) is 8.96. The van der Waals surface area contributed by atoms with E-state index < -0.39 is 6.10 Å². The van der Waals surface area contributed by atoms with Crippen LogP contribution in [0.2, 0.25) is 0 Å². The van der Waals surface area contributed by atoms with E-state index >= 15 is 0 Å². The van der Waals surface area contributed by atoms with Crippen LogP contribution in [-0.2, 0) is 9.53 Å². The number of esters is 1. The molecule has 178 valence electrons. The van der Waals surface area contributed by atoms with Gasteiger partial charge in [0.1, 0.15) is 6.10 Å². The molecule has 1 aromatic rings. The van der Waals surface area contributed by atoms with E-state index in [-0.39, 0.29) is 29.3 Å². The summed E-state index contributed by atoms with van der Waals surface area (Å²) >= 11 is 0. The largest absolute Gasteiger partial charge is 0.461 e. The van der Waals surface area contributed by atoms with Gasteiger partial charge in [-0.3, -0.25) is 14.6 Å². The van der Waals surface area contributed by atoms with E-state index in [1.807, 2.05) is 6.07 Å². The van der Waals surface area contributed by atoms with E-state index in [1.54, 1.807) is 0 Å². The maximum atomic E-state index is 12.9. The molecule has 1 aromatic carbocycles. The molecule has 2 saturated heterocycles. The Balaban J connectivity index is 1.18. The molecule has 3 fully saturated rings. The number of aliphatic hydroxyl groups is 1. The van der Waals surface area contributed by atoms with Crippen molar-refractivity contribution in [2.45, 2.75) is 45.3 Å². The normalized spacial score (nSPS) is 37.5. The average Bonchev–Trinajstić information content (AvgIpc) is 3.13. The molecular formula is C28H38N2O3. The van der Waals surface area contributed by atoms with Crippen LogP contribution < -0.4 is 0 Å². The molecule has 5 rings (SSSR count). The highest BCUT2D eigenvalue weighted by molar-refractivity contribution is 5.76. The molecule has 0 bridgehead atoms. The lowest BCUT2D eigenvalue weighted by Crippen LogP contribution is -2.55. The summed E-state index contributed by atoms with van der Waals surface area (Å²) in [6.07, 6.45) is 9.01. The summed E-state index contributed by atoms with van der Waals surface area (Å²) in [6, 6.07) is 10.4. The van der Waals surface area contributed by atoms with Gasteiger partial charge in [-0.25, -0.2) is 0 Å². The summed E-state index contributed by atoms with van der Waals surface area (Å²) in [4.78, 5) is 17.8. The quantitative estimate of drug-likeness (QED) is 0.549. The van der Waals surface area contributed by atoms with Crippen LogP contribution in [-0.4, -0.2) is 72.4 Å². The van der Waals surface area contributed by atoms with Crippen LogP contribution in [0.1, 0.15) is 38.7 Å². The Bertz CT molecular complexity index is 905. The zero-order valence-corrected chi connectivity index (χ0v) is 20.0. The summed E-state index contributed by atoms with van der Waals surface area (Å²) in [7, 11) is 0. The molecule has 2 aliphatic carbocycles. The summed E-state index contributed by atoms with van der Waals surface area (Å²) in [5, 5.41) is 11.5. The van der Waals surface area contributed by atoms with Crippen molar-refractivity contribution in [1.29, 1.82) is 0 Å². The van der Waals surface area contributed by atoms with Crippen LogP contribution in [0.5, 0.6) is 0 Å². The van der Waals surface area contributed by atoms with Crippen molar-refractivity contribution in [3.63, 3.8) is 0 Å². The van der Waals surface area contributed by atoms with Gasteiger partial charge in [0.15, 0.2) is 0 Å². The van der Waals surface area contributed by atoms with E-state index in [1.165, 1.54) is 11.1 Å². The SMILES string of the molecule is CC1CCC=C2C[C@H]3OC(=O)C(CN4CCN(C/C=C/c5ccccc5)CC4)[C@H]3C(O)[C@@]21C. The van der Waals surface area contributed by atoms with Crippen LogP contribution in [0.4, 0.5) is 0 Å². The van der Waals surface area contributed by atoms with Gasteiger partial charge in [0.25, 0.3) is 0 Å². The van der Waals surface area contributed by atoms with Gasteiger partial charge in [-0.2, -0.15) is 0 Å². The number of ether oxygens (including phenoxy) is 1. The maximum Gasteiger partial charge on any atom is 0.311 e. The Morgan fingerprint density at radius 3 is 2.64 bits per heavy atom. The highest BCUT2D eigenvalue weighted by Crippen LogP contribution is 2.56. The molecule has 0 aromatic heterocycles. The summed E-state index contributed by atoms with van der Waals surface area (Å²) in [5.41, 5.74) is 2.31. The molecule has 5 heteroatoms. The second-order valence-electron chi connectivity index (χ2n) is 10.7. The molecule has 0 spiro atoms. The van der Waals surface area contributed by atoms with Crippen LogP contribution >= 0.6 is 0 Å². The molecule has 2 heterocycles. The maximum absolute atomic E-state index is 12.9. The third-order valence-corrected chi connectivity index (χ3v) is 8.96. The smallest absolute Gasteiger partial charge is 0.311 e. The minimum Gasteiger partial charge on any atom is -0.461 e. The molecule has 0 radical (unpaired) electrons. The average molecular weight is 451 g/mol. The number of fused-ring (bicyclic) bond motifs is 2. The van der Waals surface area contributed by atoms with Crippen molar-refractivity contribution in [3.05, 3.63) is 53.6 Å². The van der Waals surface area contributed by atoms with Gasteiger partial charge in [0.05, 0.1) is 12.0 Å². The van der Waals surface area contributed by atoms with Crippen molar-refractivity contribution in [2.24, 2.45) is 23.2 Å². The number of hydrogen-bond acceptors (Lipinski definition) is 5. The summed E-state index contributed by atoms with van der Waals surface area (Å²) < 4.78 is 5.85. The van der Waals surface area contributed by atoms with Gasteiger partial charge in [-0.15, -0.1) is 0 Å². The Morgan fingerprint density at radius 1 is 1.15 bits per heavy atom. The van der Waals surface area contributed by atoms with E-state index in [2.05, 4.69) is 66.1 Å². The molecule has 5 nitrogen and oxygen atoms in total. The molecule has 33 heavy (non-hydrogen) atoms. The van der Waals surface area contributed by atoms with Crippen LogP contribution in [0.25, 0.3) is 6.08 Å². The number of benzene rings is 1. The molecule has 1 saturated carbocycles. The Hall–Kier alpha value is -1.95. The predicted octanol–water partition coefficient (Wildman–Crippen LogP) is 3.60. The molecule has 2 aliphatic heterocycles. The van der Waals surface area contributed by atoms with Crippen molar-refractivity contribution >= 4 is 12.0 Å². The highest BCUT2D eigenvalue weighted by atomic mass is 16.6. The Morgan fingerprint density at radius 2 is 1.88 bits per heavy atom. The molecule has 1 N–H and O–H groups in total. The van der Waals surface area contributed by atoms with Crippen LogP contribution in [0.3, 0.4) is 0 Å². The second kappa shape index (κ2) is 9.36. The number of rotatable bonds is 5. The topological polar surface area (TPSA) is 53.0 Å². The minimum absolute atomic E-state index is 0.0907. The number of carbonyl (C=O) groups is 1. The predicted molar refractivity (Wildman–Crippen MR) is 130 cm³/mol. The van der Waals surface area contributed by atoms with Gasteiger partial charge in [-0.1, -0.05) is 68.0 Å². The summed E-state index contributed by atoms with van der Waals surface area (Å²) in [5.74, 6) is 0.0131. The van der Waals surface area contributed by atoms with Gasteiger partial charge in [-0.05, 0) is 24.3 Å². The monoisotopic (exact) mass is 450 g/mol. The molecule has 3 unspecified atom stereocenters. The van der Waals surface area contributed by atoms with Gasteiger partial charge < -0.3 is 9.84 Å². The first kappa shape index (κ1) is 22.8. The van der Waals surface area contributed by atoms with Crippen LogP contribution in [0.15, 0.2) is 48.1 Å². The summed E-state index contributed by atoms with van der Waals surface area (Å²) in [6.45, 7) is 10.0. The fourth-order valence-corrected chi connectivity index (χ4v) is 6.61. The number of allylic oxidation sites excluding steroid dienone is 1. The molecule has 4 aliphatic rings. The number of nitrogens with zero attached hydrogens (tertiary/aromatic N) is 2. The number of aliphatic hydroxyl groups excluding tert-OH is 1. The number of piperazine rings is 1. The highest BCUT2D eigenvalue weighted by Gasteiger charge is 2.59. The first-order valence-corrected chi connectivity index (χ1v) is 12.7. The first-order valence-electron chi connectivity index (χ1n) is 12.7. The van der Waals surface area contributed by atoms with Crippen molar-refractivity contribution < 1.29 is 14.6 Å². The fourth-order valence-electron chi connectivity index (χ4n) is 6.61. The number of hydrogen-bond donors (Lipinski definition) is 1. The zero-order valence-electron chi connectivity index (χ0n) is 20.0. The minimum atomic E-state index is -0.515. The number of carbonyl (C=O) groups excluding carboxylic acids is 1. The van der Waals surface area contributed by atoms with E-state index in [0.717, 1.165) is 52.0 Å². The van der Waals surface area contributed by atoms with E-state index in [0.29, 0.717) is 12.5 Å². The van der Waals surface area contributed by atoms with E-state index in [4.69, 9.17) is 4.74 Å². The first-order chi connectivity index (χ1) is 16.0. The van der Waals surface area contributed by atoms with Crippen molar-refractivity contribution in [2.75, 3.05) is 39.3 Å². The molecule has 0 amide bonds. The zero-order chi connectivity index (χ0) is 23.0. The van der Waals surface area contributed by atoms with Gasteiger partial charge in [0, 0.05) is 57.0 Å².